The van der Waals surface area contributed by atoms with Gasteiger partial charge in [0.1, 0.15) is 12.7 Å². The molecule has 2 aliphatic rings. The minimum atomic E-state index is -0.0672. The van der Waals surface area contributed by atoms with Crippen molar-refractivity contribution >= 4 is 27.6 Å². The topological polar surface area (TPSA) is 38.8 Å². The molecule has 0 aliphatic carbocycles. The second-order valence-corrected chi connectivity index (χ2v) is 6.16. The molecule has 14 heavy (non-hydrogen) atoms. The molecule has 2 heterocycles. The quantitative estimate of drug-likeness (QED) is 0.411. The molecule has 2 rings (SSSR count). The van der Waals surface area contributed by atoms with Gasteiger partial charge in [-0.25, -0.2) is 0 Å². The monoisotopic (exact) mass is 234 g/mol. The van der Waals surface area contributed by atoms with Crippen molar-refractivity contribution in [3.05, 3.63) is 0 Å². The van der Waals surface area contributed by atoms with Crippen molar-refractivity contribution in [2.45, 2.75) is 18.9 Å². The summed E-state index contributed by atoms with van der Waals surface area (Å²) in [6.45, 7) is 1.20. The van der Waals surface area contributed by atoms with Crippen LogP contribution in [0.5, 0.6) is 0 Å². The molecule has 2 fully saturated rings. The fourth-order valence-electron chi connectivity index (χ4n) is 1.25. The molecule has 1 atom stereocenters. The molecule has 5 heteroatoms. The van der Waals surface area contributed by atoms with Crippen molar-refractivity contribution in [2.24, 2.45) is 5.92 Å². The van der Waals surface area contributed by atoms with E-state index in [1.807, 2.05) is 21.6 Å². The lowest BCUT2D eigenvalue weighted by atomic mass is 10.1. The lowest BCUT2D eigenvalue weighted by Gasteiger charge is -2.06. The van der Waals surface area contributed by atoms with Gasteiger partial charge >= 0.3 is 5.97 Å². The molecule has 0 aromatic rings. The molecule has 0 amide bonds. The summed E-state index contributed by atoms with van der Waals surface area (Å²) in [6, 6.07) is 0. The minimum absolute atomic E-state index is 0.0672. The van der Waals surface area contributed by atoms with E-state index in [1.165, 1.54) is 11.5 Å². The fraction of sp³-hybridized carbons (Fsp3) is 0.889. The highest BCUT2D eigenvalue weighted by molar-refractivity contribution is 8.77. The molecule has 1 unspecified atom stereocenters. The van der Waals surface area contributed by atoms with E-state index in [2.05, 4.69) is 0 Å². The average Bonchev–Trinajstić information content (AvgIpc) is 2.87. The summed E-state index contributed by atoms with van der Waals surface area (Å²) in [5.74, 6) is 3.00. The maximum absolute atomic E-state index is 11.2. The minimum Gasteiger partial charge on any atom is -0.463 e. The van der Waals surface area contributed by atoms with Gasteiger partial charge in [0.15, 0.2) is 0 Å². The zero-order valence-electron chi connectivity index (χ0n) is 7.94. The van der Waals surface area contributed by atoms with Crippen molar-refractivity contribution in [3.8, 4) is 0 Å². The van der Waals surface area contributed by atoms with E-state index in [0.29, 0.717) is 18.9 Å². The van der Waals surface area contributed by atoms with Crippen LogP contribution in [-0.2, 0) is 14.3 Å². The summed E-state index contributed by atoms with van der Waals surface area (Å²) in [6.07, 6.45) is 1.74. The summed E-state index contributed by atoms with van der Waals surface area (Å²) < 4.78 is 10.0. The molecule has 80 valence electrons. The molecule has 2 aliphatic heterocycles. The van der Waals surface area contributed by atoms with E-state index in [1.54, 1.807) is 0 Å². The van der Waals surface area contributed by atoms with Gasteiger partial charge in [-0.3, -0.25) is 4.79 Å². The number of carbonyl (C=O) groups excluding carboxylic acids is 1. The zero-order valence-corrected chi connectivity index (χ0v) is 9.57. The van der Waals surface area contributed by atoms with Gasteiger partial charge in [0.05, 0.1) is 6.61 Å². The zero-order chi connectivity index (χ0) is 9.80. The first kappa shape index (κ1) is 10.6. The summed E-state index contributed by atoms with van der Waals surface area (Å²) in [5, 5.41) is 0. The van der Waals surface area contributed by atoms with Gasteiger partial charge in [-0.05, 0) is 12.3 Å². The largest absolute Gasteiger partial charge is 0.463 e. The Bertz CT molecular complexity index is 200. The highest BCUT2D eigenvalue weighted by atomic mass is 33.1. The van der Waals surface area contributed by atoms with Crippen molar-refractivity contribution < 1.29 is 14.3 Å². The number of epoxide rings is 1. The maximum Gasteiger partial charge on any atom is 0.305 e. The highest BCUT2D eigenvalue weighted by Gasteiger charge is 2.24. The number of carbonyl (C=O) groups is 1. The molecule has 3 nitrogen and oxygen atoms in total. The van der Waals surface area contributed by atoms with Crippen molar-refractivity contribution in [1.82, 2.24) is 0 Å². The Hall–Kier alpha value is 0.130. The summed E-state index contributed by atoms with van der Waals surface area (Å²) >= 11 is 0. The second-order valence-electron chi connectivity index (χ2n) is 3.61. The van der Waals surface area contributed by atoms with Crippen LogP contribution in [0.3, 0.4) is 0 Å². The highest BCUT2D eigenvalue weighted by Crippen LogP contribution is 2.36. The number of rotatable bonds is 5. The van der Waals surface area contributed by atoms with Gasteiger partial charge in [-0.1, -0.05) is 21.6 Å². The predicted molar refractivity (Wildman–Crippen MR) is 58.3 cm³/mol. The Morgan fingerprint density at radius 3 is 2.79 bits per heavy atom. The number of hydrogen-bond acceptors (Lipinski definition) is 5. The molecule has 0 spiro atoms. The van der Waals surface area contributed by atoms with Crippen LogP contribution < -0.4 is 0 Å². The summed E-state index contributed by atoms with van der Waals surface area (Å²) in [5.41, 5.74) is 0. The van der Waals surface area contributed by atoms with Crippen LogP contribution in [0.4, 0.5) is 0 Å². The smallest absolute Gasteiger partial charge is 0.305 e. The molecular formula is C9H14O3S2. The summed E-state index contributed by atoms with van der Waals surface area (Å²) in [7, 11) is 3.81. The Kier molecular flexibility index (Phi) is 4.01. The van der Waals surface area contributed by atoms with Crippen molar-refractivity contribution in [1.29, 1.82) is 0 Å². The molecule has 0 aromatic carbocycles. The van der Waals surface area contributed by atoms with E-state index < -0.39 is 0 Å². The van der Waals surface area contributed by atoms with Crippen LogP contribution in [0, 0.1) is 5.92 Å². The molecule has 2 saturated heterocycles. The van der Waals surface area contributed by atoms with Crippen LogP contribution in [0.1, 0.15) is 12.8 Å². The third-order valence-corrected chi connectivity index (χ3v) is 4.98. The Labute approximate surface area is 91.7 Å². The van der Waals surface area contributed by atoms with Gasteiger partial charge in [-0.2, -0.15) is 0 Å². The Morgan fingerprint density at radius 1 is 1.43 bits per heavy atom. The van der Waals surface area contributed by atoms with Gasteiger partial charge in [-0.15, -0.1) is 0 Å². The number of hydrogen-bond donors (Lipinski definition) is 0. The lowest BCUT2D eigenvalue weighted by Crippen LogP contribution is -2.12. The molecule has 0 saturated carbocycles. The average molecular weight is 234 g/mol. The van der Waals surface area contributed by atoms with E-state index in [0.717, 1.165) is 13.0 Å². The molecule has 0 radical (unpaired) electrons. The van der Waals surface area contributed by atoms with Crippen LogP contribution in [-0.4, -0.2) is 36.8 Å². The van der Waals surface area contributed by atoms with E-state index in [-0.39, 0.29) is 12.1 Å². The molecule has 0 bridgehead atoms. The first-order chi connectivity index (χ1) is 6.84. The first-order valence-corrected chi connectivity index (χ1v) is 7.35. The Morgan fingerprint density at radius 2 is 2.14 bits per heavy atom. The number of esters is 1. The standard InChI is InChI=1S/C9H14O3S2/c10-9(12-4-8-3-11-8)2-1-7-5-13-14-6-7/h7-8H,1-6H2. The third kappa shape index (κ3) is 3.71. The first-order valence-electron chi connectivity index (χ1n) is 4.86. The van der Waals surface area contributed by atoms with Crippen LogP contribution in [0.25, 0.3) is 0 Å². The van der Waals surface area contributed by atoms with Gasteiger partial charge in [0.2, 0.25) is 0 Å². The Balaban J connectivity index is 1.52. The SMILES string of the molecule is O=C(CCC1CSSC1)OCC1CO1. The van der Waals surface area contributed by atoms with Crippen LogP contribution in [0.2, 0.25) is 0 Å². The van der Waals surface area contributed by atoms with E-state index in [4.69, 9.17) is 9.47 Å². The van der Waals surface area contributed by atoms with Crippen molar-refractivity contribution in [2.75, 3.05) is 24.7 Å². The van der Waals surface area contributed by atoms with Crippen molar-refractivity contribution in [3.63, 3.8) is 0 Å². The van der Waals surface area contributed by atoms with Crippen LogP contribution in [0.15, 0.2) is 0 Å². The van der Waals surface area contributed by atoms with E-state index in [9.17, 15) is 4.79 Å². The lowest BCUT2D eigenvalue weighted by molar-refractivity contribution is -0.144. The predicted octanol–water partition coefficient (Wildman–Crippen LogP) is 1.72. The van der Waals surface area contributed by atoms with Gasteiger partial charge in [0, 0.05) is 17.9 Å². The molecule has 0 aromatic heterocycles. The normalized spacial score (nSPS) is 26.4. The van der Waals surface area contributed by atoms with E-state index >= 15 is 0 Å². The maximum atomic E-state index is 11.2. The summed E-state index contributed by atoms with van der Waals surface area (Å²) in [4.78, 5) is 11.2. The molecule has 0 N–H and O–H groups in total. The van der Waals surface area contributed by atoms with Gasteiger partial charge < -0.3 is 9.47 Å². The fourth-order valence-corrected chi connectivity index (χ4v) is 4.28. The molecular weight excluding hydrogens is 220 g/mol. The second kappa shape index (κ2) is 5.28. The van der Waals surface area contributed by atoms with Gasteiger partial charge in [0.25, 0.3) is 0 Å². The number of ether oxygens (including phenoxy) is 2. The third-order valence-electron chi connectivity index (χ3n) is 2.28. The van der Waals surface area contributed by atoms with Crippen LogP contribution >= 0.6 is 21.6 Å².